The Morgan fingerprint density at radius 2 is 2.24 bits per heavy atom. The number of hydrogen-bond donors (Lipinski definition) is 2. The molecule has 3 aromatic rings. The number of carbonyl (C=O) groups excluding carboxylic acids is 1. The van der Waals surface area contributed by atoms with Crippen LogP contribution in [0.5, 0.6) is 11.5 Å². The predicted molar refractivity (Wildman–Crippen MR) is 110 cm³/mol. The van der Waals surface area contributed by atoms with Crippen LogP contribution in [0.15, 0.2) is 35.7 Å². The van der Waals surface area contributed by atoms with Gasteiger partial charge in [0.25, 0.3) is 0 Å². The van der Waals surface area contributed by atoms with Gasteiger partial charge in [0.2, 0.25) is 12.7 Å². The molecule has 148 valence electrons. The smallest absolute Gasteiger partial charge is 0.231 e. The summed E-state index contributed by atoms with van der Waals surface area (Å²) < 4.78 is 13.0. The van der Waals surface area contributed by atoms with E-state index in [-0.39, 0.29) is 18.6 Å². The molecule has 10 heteroatoms. The summed E-state index contributed by atoms with van der Waals surface area (Å²) in [6.07, 6.45) is 5.24. The van der Waals surface area contributed by atoms with Gasteiger partial charge >= 0.3 is 0 Å². The molecule has 29 heavy (non-hydrogen) atoms. The summed E-state index contributed by atoms with van der Waals surface area (Å²) in [6, 6.07) is 5.69. The number of hydrogen-bond acceptors (Lipinski definition) is 8. The van der Waals surface area contributed by atoms with Gasteiger partial charge in [0, 0.05) is 18.5 Å². The highest BCUT2D eigenvalue weighted by Crippen LogP contribution is 2.41. The van der Waals surface area contributed by atoms with E-state index in [2.05, 4.69) is 20.3 Å². The van der Waals surface area contributed by atoms with Crippen LogP contribution < -0.4 is 20.5 Å². The number of nitrogens with zero attached hydrogens (tertiary/aromatic N) is 4. The molecule has 0 atom stereocenters. The third-order valence-corrected chi connectivity index (χ3v) is 5.77. The van der Waals surface area contributed by atoms with Gasteiger partial charge in [-0.05, 0) is 25.0 Å². The second-order valence-corrected chi connectivity index (χ2v) is 7.73. The zero-order valence-corrected chi connectivity index (χ0v) is 16.4. The largest absolute Gasteiger partial charge is 0.454 e. The molecule has 1 amide bonds. The summed E-state index contributed by atoms with van der Waals surface area (Å²) in [4.78, 5) is 25.7. The first-order valence-electron chi connectivity index (χ1n) is 9.11. The Bertz CT molecular complexity index is 1130. The quantitative estimate of drug-likeness (QED) is 0.504. The van der Waals surface area contributed by atoms with Crippen LogP contribution in [0, 0.1) is 5.92 Å². The number of nitrogens with one attached hydrogen (secondary N) is 1. The number of rotatable bonds is 4. The van der Waals surface area contributed by atoms with Crippen LogP contribution in [0.3, 0.4) is 0 Å². The summed E-state index contributed by atoms with van der Waals surface area (Å²) in [5, 5.41) is 3.31. The number of nitrogens with two attached hydrogens (primary N) is 1. The molecular formula is C19H18N6O3S. The molecule has 2 aliphatic rings. The molecule has 0 radical (unpaired) electrons. The minimum atomic E-state index is -0.0133. The van der Waals surface area contributed by atoms with E-state index in [4.69, 9.17) is 15.2 Å². The molecule has 0 spiro atoms. The van der Waals surface area contributed by atoms with Gasteiger partial charge in [-0.3, -0.25) is 14.4 Å². The SMILES string of the molecule is CN=C(c1sc(NC(=O)C2CC2)nc1N)n1cncc1-c1cccc2c1OCO2. The van der Waals surface area contributed by atoms with Crippen molar-refractivity contribution in [3.8, 4) is 22.8 Å². The van der Waals surface area contributed by atoms with Gasteiger partial charge in [0.05, 0.1) is 11.9 Å². The average molecular weight is 410 g/mol. The zero-order chi connectivity index (χ0) is 20.0. The summed E-state index contributed by atoms with van der Waals surface area (Å²) in [6.45, 7) is 0.182. The van der Waals surface area contributed by atoms with Gasteiger partial charge in [-0.1, -0.05) is 17.4 Å². The number of aromatic nitrogens is 3. The Morgan fingerprint density at radius 3 is 3.03 bits per heavy atom. The van der Waals surface area contributed by atoms with E-state index in [1.165, 1.54) is 11.3 Å². The van der Waals surface area contributed by atoms with Crippen molar-refractivity contribution in [1.29, 1.82) is 0 Å². The van der Waals surface area contributed by atoms with Gasteiger partial charge in [0.1, 0.15) is 17.0 Å². The maximum Gasteiger partial charge on any atom is 0.231 e. The lowest BCUT2D eigenvalue weighted by molar-refractivity contribution is -0.117. The van der Waals surface area contributed by atoms with E-state index >= 15 is 0 Å². The number of carbonyl (C=O) groups is 1. The average Bonchev–Trinajstić information content (AvgIpc) is 3.10. The molecule has 2 aromatic heterocycles. The number of imidazole rings is 1. The lowest BCUT2D eigenvalue weighted by atomic mass is 10.1. The Balaban J connectivity index is 1.52. The number of ether oxygens (including phenoxy) is 2. The van der Waals surface area contributed by atoms with Crippen molar-refractivity contribution in [2.24, 2.45) is 10.9 Å². The van der Waals surface area contributed by atoms with Gasteiger partial charge in [-0.15, -0.1) is 0 Å². The van der Waals surface area contributed by atoms with Crippen molar-refractivity contribution in [2.75, 3.05) is 24.9 Å². The third kappa shape index (κ3) is 3.11. The molecule has 0 bridgehead atoms. The minimum Gasteiger partial charge on any atom is -0.454 e. The zero-order valence-electron chi connectivity index (χ0n) is 15.6. The fourth-order valence-corrected chi connectivity index (χ4v) is 4.13. The van der Waals surface area contributed by atoms with E-state index in [1.54, 1.807) is 19.6 Å². The summed E-state index contributed by atoms with van der Waals surface area (Å²) in [5.41, 5.74) is 7.78. The van der Waals surface area contributed by atoms with Crippen molar-refractivity contribution >= 4 is 34.0 Å². The molecule has 0 unspecified atom stereocenters. The monoisotopic (exact) mass is 410 g/mol. The number of amides is 1. The van der Waals surface area contributed by atoms with Crippen LogP contribution >= 0.6 is 11.3 Å². The molecule has 1 aliphatic carbocycles. The van der Waals surface area contributed by atoms with E-state index in [9.17, 15) is 4.79 Å². The van der Waals surface area contributed by atoms with E-state index in [1.807, 2.05) is 22.8 Å². The third-order valence-electron chi connectivity index (χ3n) is 4.79. The fourth-order valence-electron chi connectivity index (χ4n) is 3.21. The van der Waals surface area contributed by atoms with Crippen molar-refractivity contribution in [1.82, 2.24) is 14.5 Å². The first kappa shape index (κ1) is 17.7. The molecule has 1 aromatic carbocycles. The second-order valence-electron chi connectivity index (χ2n) is 6.73. The summed E-state index contributed by atoms with van der Waals surface area (Å²) in [5.74, 6) is 2.31. The van der Waals surface area contributed by atoms with Crippen LogP contribution in [-0.2, 0) is 4.79 Å². The lowest BCUT2D eigenvalue weighted by Gasteiger charge is -2.11. The number of fused-ring (bicyclic) bond motifs is 1. The second kappa shape index (κ2) is 6.89. The van der Waals surface area contributed by atoms with Gasteiger partial charge in [-0.25, -0.2) is 9.97 Å². The molecule has 5 rings (SSSR count). The molecule has 1 fully saturated rings. The van der Waals surface area contributed by atoms with E-state index < -0.39 is 0 Å². The molecule has 9 nitrogen and oxygen atoms in total. The highest BCUT2D eigenvalue weighted by molar-refractivity contribution is 7.18. The maximum absolute atomic E-state index is 12.1. The van der Waals surface area contributed by atoms with Gasteiger partial charge in [-0.2, -0.15) is 0 Å². The molecule has 3 heterocycles. The Hall–Kier alpha value is -3.40. The van der Waals surface area contributed by atoms with Gasteiger partial charge < -0.3 is 20.5 Å². The number of thiazole rings is 1. The van der Waals surface area contributed by atoms with E-state index in [0.717, 1.165) is 24.1 Å². The molecular weight excluding hydrogens is 392 g/mol. The molecule has 1 aliphatic heterocycles. The topological polar surface area (TPSA) is 117 Å². The van der Waals surface area contributed by atoms with Crippen molar-refractivity contribution in [3.63, 3.8) is 0 Å². The summed E-state index contributed by atoms with van der Waals surface area (Å²) >= 11 is 1.29. The lowest BCUT2D eigenvalue weighted by Crippen LogP contribution is -2.14. The number of benzene rings is 1. The minimum absolute atomic E-state index is 0.0133. The standard InChI is InChI=1S/C19H18N6O3S/c1-21-17(15-16(20)23-19(29-15)24-18(26)10-5-6-10)25-8-22-7-12(25)11-3-2-4-13-14(11)28-9-27-13/h2-4,7-8,10H,5-6,9,20H2,1H3,(H,23,24,26). The Morgan fingerprint density at radius 1 is 1.38 bits per heavy atom. The Kier molecular flexibility index (Phi) is 4.20. The highest BCUT2D eigenvalue weighted by atomic mass is 32.1. The van der Waals surface area contributed by atoms with Crippen LogP contribution in [0.25, 0.3) is 11.3 Å². The molecule has 0 saturated heterocycles. The van der Waals surface area contributed by atoms with Crippen molar-refractivity contribution in [3.05, 3.63) is 35.6 Å². The number of nitrogen functional groups attached to an aromatic ring is 1. The van der Waals surface area contributed by atoms with Crippen molar-refractivity contribution < 1.29 is 14.3 Å². The van der Waals surface area contributed by atoms with E-state index in [0.29, 0.717) is 33.2 Å². The van der Waals surface area contributed by atoms with Crippen LogP contribution in [0.1, 0.15) is 17.7 Å². The normalized spacial score (nSPS) is 15.6. The number of anilines is 2. The Labute approximate surface area is 170 Å². The highest BCUT2D eigenvalue weighted by Gasteiger charge is 2.31. The molecule has 1 saturated carbocycles. The van der Waals surface area contributed by atoms with Crippen LogP contribution in [-0.4, -0.2) is 40.1 Å². The van der Waals surface area contributed by atoms with Gasteiger partial charge in [0.15, 0.2) is 22.5 Å². The van der Waals surface area contributed by atoms with Crippen LogP contribution in [0.4, 0.5) is 10.9 Å². The maximum atomic E-state index is 12.1. The van der Waals surface area contributed by atoms with Crippen molar-refractivity contribution in [2.45, 2.75) is 12.8 Å². The fraction of sp³-hybridized carbons (Fsp3) is 0.263. The first-order valence-corrected chi connectivity index (χ1v) is 9.93. The first-order chi connectivity index (χ1) is 14.2. The summed E-state index contributed by atoms with van der Waals surface area (Å²) in [7, 11) is 1.68. The number of aliphatic imine (C=N–C) groups is 1. The number of para-hydroxylation sites is 1. The molecule has 3 N–H and O–H groups in total. The van der Waals surface area contributed by atoms with Crippen LogP contribution in [0.2, 0.25) is 0 Å². The predicted octanol–water partition coefficient (Wildman–Crippen LogP) is 2.59.